The highest BCUT2D eigenvalue weighted by Crippen LogP contribution is 2.09. The first-order chi connectivity index (χ1) is 8.20. The summed E-state index contributed by atoms with van der Waals surface area (Å²) in [5, 5.41) is 3.85. The smallest absolute Gasteiger partial charge is 0.250 e. The SMILES string of the molecule is COc1ccc(/C=N/Nc2cc(=O)c2=O)cc1. The summed E-state index contributed by atoms with van der Waals surface area (Å²) in [6, 6.07) is 8.48. The Hall–Kier alpha value is -2.43. The number of ether oxygens (including phenoxy) is 1. The van der Waals surface area contributed by atoms with Gasteiger partial charge >= 0.3 is 0 Å². The lowest BCUT2D eigenvalue weighted by molar-refractivity contribution is 0.415. The number of hydrogen-bond donors (Lipinski definition) is 1. The molecule has 86 valence electrons. The molecule has 0 heterocycles. The van der Waals surface area contributed by atoms with Crippen molar-refractivity contribution < 1.29 is 4.74 Å². The summed E-state index contributed by atoms with van der Waals surface area (Å²) in [6.07, 6.45) is 1.55. The Morgan fingerprint density at radius 3 is 2.47 bits per heavy atom. The topological polar surface area (TPSA) is 67.8 Å². The molecule has 0 spiro atoms. The standard InChI is InChI=1S/C12H10N2O3/c1-17-9-4-2-8(3-5-9)7-13-14-10-6-11(15)12(10)16/h2-7,14H,1H3/b13-7+. The van der Waals surface area contributed by atoms with Gasteiger partial charge in [-0.15, -0.1) is 0 Å². The second kappa shape index (κ2) is 4.61. The van der Waals surface area contributed by atoms with Gasteiger partial charge in [0.2, 0.25) is 5.43 Å². The van der Waals surface area contributed by atoms with E-state index >= 15 is 0 Å². The molecule has 5 nitrogen and oxygen atoms in total. The van der Waals surface area contributed by atoms with Gasteiger partial charge in [-0.05, 0) is 29.8 Å². The van der Waals surface area contributed by atoms with Crippen molar-refractivity contribution in [1.82, 2.24) is 0 Å². The van der Waals surface area contributed by atoms with E-state index in [1.54, 1.807) is 25.5 Å². The number of methoxy groups -OCH3 is 1. The normalized spacial score (nSPS) is 10.9. The molecule has 0 aromatic heterocycles. The number of benzene rings is 1. The van der Waals surface area contributed by atoms with Gasteiger partial charge < -0.3 is 4.74 Å². The monoisotopic (exact) mass is 230 g/mol. The molecule has 0 aliphatic rings. The average molecular weight is 230 g/mol. The highest BCUT2D eigenvalue weighted by atomic mass is 16.5. The molecule has 0 bridgehead atoms. The van der Waals surface area contributed by atoms with Crippen LogP contribution in [0.1, 0.15) is 5.56 Å². The Morgan fingerprint density at radius 1 is 1.24 bits per heavy atom. The largest absolute Gasteiger partial charge is 0.497 e. The summed E-state index contributed by atoms with van der Waals surface area (Å²) in [7, 11) is 1.59. The Balaban J connectivity index is 1.99. The van der Waals surface area contributed by atoms with Gasteiger partial charge in [0.1, 0.15) is 11.4 Å². The van der Waals surface area contributed by atoms with Crippen molar-refractivity contribution in [2.45, 2.75) is 0 Å². The van der Waals surface area contributed by atoms with Crippen LogP contribution in [0, 0.1) is 0 Å². The summed E-state index contributed by atoms with van der Waals surface area (Å²) >= 11 is 0. The van der Waals surface area contributed by atoms with E-state index in [2.05, 4.69) is 10.5 Å². The zero-order valence-corrected chi connectivity index (χ0v) is 9.14. The molecule has 2 aromatic carbocycles. The van der Waals surface area contributed by atoms with E-state index < -0.39 is 10.9 Å². The highest BCUT2D eigenvalue weighted by molar-refractivity contribution is 5.80. The lowest BCUT2D eigenvalue weighted by Gasteiger charge is -2.00. The first-order valence-corrected chi connectivity index (χ1v) is 4.94. The first-order valence-electron chi connectivity index (χ1n) is 4.94. The molecule has 1 N–H and O–H groups in total. The minimum atomic E-state index is -0.531. The second-order valence-electron chi connectivity index (χ2n) is 3.39. The fraction of sp³-hybridized carbons (Fsp3) is 0.0833. The van der Waals surface area contributed by atoms with Crippen molar-refractivity contribution in [3.63, 3.8) is 0 Å². The van der Waals surface area contributed by atoms with Gasteiger partial charge in [-0.1, -0.05) is 0 Å². The highest BCUT2D eigenvalue weighted by Gasteiger charge is 2.06. The second-order valence-corrected chi connectivity index (χ2v) is 3.39. The molecule has 0 atom stereocenters. The molecular weight excluding hydrogens is 220 g/mol. The van der Waals surface area contributed by atoms with Crippen LogP contribution in [0.15, 0.2) is 45.0 Å². The van der Waals surface area contributed by atoms with Gasteiger partial charge in [0, 0.05) is 6.07 Å². The maximum absolute atomic E-state index is 10.9. The van der Waals surface area contributed by atoms with E-state index in [1.165, 1.54) is 6.07 Å². The molecule has 0 saturated heterocycles. The van der Waals surface area contributed by atoms with Crippen molar-refractivity contribution in [2.24, 2.45) is 5.10 Å². The van der Waals surface area contributed by atoms with E-state index in [9.17, 15) is 9.59 Å². The predicted octanol–water partition coefficient (Wildman–Crippen LogP) is 0.737. The van der Waals surface area contributed by atoms with Crippen LogP contribution < -0.4 is 21.0 Å². The maximum atomic E-state index is 10.9. The maximum Gasteiger partial charge on any atom is 0.250 e. The Morgan fingerprint density at radius 2 is 1.94 bits per heavy atom. The third-order valence-electron chi connectivity index (χ3n) is 2.26. The summed E-state index contributed by atoms with van der Waals surface area (Å²) in [4.78, 5) is 21.5. The molecule has 2 rings (SSSR count). The van der Waals surface area contributed by atoms with E-state index in [0.717, 1.165) is 11.3 Å². The van der Waals surface area contributed by atoms with Gasteiger partial charge in [-0.2, -0.15) is 5.10 Å². The van der Waals surface area contributed by atoms with Crippen LogP contribution in [-0.4, -0.2) is 13.3 Å². The Labute approximate surface area is 97.0 Å². The number of rotatable bonds is 4. The van der Waals surface area contributed by atoms with Crippen LogP contribution in [0.3, 0.4) is 0 Å². The summed E-state index contributed by atoms with van der Waals surface area (Å²) in [5.74, 6) is 0.762. The average Bonchev–Trinajstić information content (AvgIpc) is 2.38. The quantitative estimate of drug-likeness (QED) is 0.478. The van der Waals surface area contributed by atoms with Crippen molar-refractivity contribution in [3.05, 3.63) is 56.3 Å². The molecule has 5 heteroatoms. The number of nitrogens with one attached hydrogen (secondary N) is 1. The van der Waals surface area contributed by atoms with E-state index in [0.29, 0.717) is 0 Å². The van der Waals surface area contributed by atoms with E-state index in [1.807, 2.05) is 12.1 Å². The zero-order valence-electron chi connectivity index (χ0n) is 9.14. The van der Waals surface area contributed by atoms with Gasteiger partial charge in [0.15, 0.2) is 0 Å². The van der Waals surface area contributed by atoms with Crippen molar-refractivity contribution in [2.75, 3.05) is 12.5 Å². The summed E-state index contributed by atoms with van der Waals surface area (Å²) in [6.45, 7) is 0. The summed E-state index contributed by atoms with van der Waals surface area (Å²) in [5.41, 5.74) is 2.56. The van der Waals surface area contributed by atoms with Gasteiger partial charge in [-0.3, -0.25) is 15.0 Å². The molecule has 0 amide bonds. The number of nitrogens with zero attached hydrogens (tertiary/aromatic N) is 1. The third kappa shape index (κ3) is 2.39. The molecular formula is C12H10N2O3. The van der Waals surface area contributed by atoms with Crippen molar-refractivity contribution in [1.29, 1.82) is 0 Å². The van der Waals surface area contributed by atoms with Crippen LogP contribution in [0.5, 0.6) is 5.75 Å². The Bertz CT molecular complexity index is 607. The van der Waals surface area contributed by atoms with E-state index in [-0.39, 0.29) is 5.69 Å². The molecule has 17 heavy (non-hydrogen) atoms. The number of hydrogen-bond acceptors (Lipinski definition) is 5. The minimum absolute atomic E-state index is 0.222. The molecule has 0 aliphatic heterocycles. The van der Waals surface area contributed by atoms with Crippen LogP contribution in [0.25, 0.3) is 0 Å². The molecule has 0 radical (unpaired) electrons. The first kappa shape index (κ1) is 11.1. The molecule has 0 saturated carbocycles. The fourth-order valence-electron chi connectivity index (χ4n) is 1.27. The van der Waals surface area contributed by atoms with Gasteiger partial charge in [0.05, 0.1) is 13.3 Å². The van der Waals surface area contributed by atoms with Crippen LogP contribution in [-0.2, 0) is 0 Å². The minimum Gasteiger partial charge on any atom is -0.497 e. The van der Waals surface area contributed by atoms with Gasteiger partial charge in [-0.25, -0.2) is 0 Å². The lowest BCUT2D eigenvalue weighted by atomic mass is 10.2. The van der Waals surface area contributed by atoms with E-state index in [4.69, 9.17) is 4.74 Å². The molecule has 0 fully saturated rings. The molecule has 2 aromatic rings. The lowest BCUT2D eigenvalue weighted by Crippen LogP contribution is -2.31. The Kier molecular flexibility index (Phi) is 3.00. The zero-order chi connectivity index (χ0) is 12.3. The van der Waals surface area contributed by atoms with Crippen LogP contribution >= 0.6 is 0 Å². The summed E-state index contributed by atoms with van der Waals surface area (Å²) < 4.78 is 5.01. The van der Waals surface area contributed by atoms with Crippen LogP contribution in [0.2, 0.25) is 0 Å². The number of hydrazone groups is 1. The van der Waals surface area contributed by atoms with Crippen molar-refractivity contribution in [3.8, 4) is 5.75 Å². The number of anilines is 1. The third-order valence-corrected chi connectivity index (χ3v) is 2.26. The molecule has 0 aliphatic carbocycles. The predicted molar refractivity (Wildman–Crippen MR) is 65.6 cm³/mol. The molecule has 0 unspecified atom stereocenters. The van der Waals surface area contributed by atoms with Crippen LogP contribution in [0.4, 0.5) is 5.69 Å². The fourth-order valence-corrected chi connectivity index (χ4v) is 1.27. The van der Waals surface area contributed by atoms with Gasteiger partial charge in [0.25, 0.3) is 5.43 Å². The van der Waals surface area contributed by atoms with Crippen molar-refractivity contribution >= 4 is 11.9 Å².